The fourth-order valence-corrected chi connectivity index (χ4v) is 5.74. The van der Waals surface area contributed by atoms with E-state index in [4.69, 9.17) is 5.10 Å². The van der Waals surface area contributed by atoms with E-state index >= 15 is 0 Å². The van der Waals surface area contributed by atoms with E-state index < -0.39 is 0 Å². The number of nitro groups is 1. The van der Waals surface area contributed by atoms with Crippen LogP contribution in [0.25, 0.3) is 22.8 Å². The standard InChI is InChI=1S/C35H25N3O2/c39-38(40)28-19-20-31-29-13-7-8-14-30(29)32(33(31)22-28)21-24-15-17-27(18-16-24)37-35(26-11-5-2-6-12-26)23-34(36-37)25-9-3-1-4-10-25/h1-22,35H,23H2/b32-21-/t35-/m0/s1. The van der Waals surface area contributed by atoms with Crippen LogP contribution in [0.5, 0.6) is 0 Å². The van der Waals surface area contributed by atoms with Crippen LogP contribution in [0.1, 0.15) is 40.3 Å². The molecule has 0 bridgehead atoms. The number of hydrogen-bond donors (Lipinski definition) is 0. The van der Waals surface area contributed by atoms with Crippen molar-refractivity contribution < 1.29 is 4.92 Å². The number of non-ortho nitro benzene ring substituents is 1. The Morgan fingerprint density at radius 1 is 0.725 bits per heavy atom. The van der Waals surface area contributed by atoms with Gasteiger partial charge in [0, 0.05) is 18.6 Å². The Morgan fingerprint density at radius 2 is 1.38 bits per heavy atom. The zero-order valence-corrected chi connectivity index (χ0v) is 21.6. The van der Waals surface area contributed by atoms with Crippen LogP contribution in [0.4, 0.5) is 11.4 Å². The summed E-state index contributed by atoms with van der Waals surface area (Å²) < 4.78 is 0. The van der Waals surface area contributed by atoms with E-state index in [1.54, 1.807) is 12.1 Å². The molecule has 5 aromatic rings. The van der Waals surface area contributed by atoms with Gasteiger partial charge in [0.2, 0.25) is 0 Å². The highest BCUT2D eigenvalue weighted by Crippen LogP contribution is 2.46. The number of rotatable bonds is 5. The second-order valence-electron chi connectivity index (χ2n) is 10.1. The Bertz CT molecular complexity index is 1790. The van der Waals surface area contributed by atoms with E-state index in [9.17, 15) is 10.1 Å². The summed E-state index contributed by atoms with van der Waals surface area (Å²) in [6, 6.07) is 42.7. The lowest BCUT2D eigenvalue weighted by atomic mass is 9.98. The maximum absolute atomic E-state index is 11.5. The van der Waals surface area contributed by atoms with Crippen molar-refractivity contribution in [2.24, 2.45) is 5.10 Å². The topological polar surface area (TPSA) is 58.7 Å². The number of hydrogen-bond acceptors (Lipinski definition) is 4. The Morgan fingerprint density at radius 3 is 2.10 bits per heavy atom. The van der Waals surface area contributed by atoms with Gasteiger partial charge in [0.25, 0.3) is 5.69 Å². The van der Waals surface area contributed by atoms with Crippen LogP contribution < -0.4 is 5.01 Å². The highest BCUT2D eigenvalue weighted by molar-refractivity contribution is 6.07. The summed E-state index contributed by atoms with van der Waals surface area (Å²) in [5.41, 5.74) is 10.7. The third kappa shape index (κ3) is 4.18. The van der Waals surface area contributed by atoms with Gasteiger partial charge in [0.1, 0.15) is 0 Å². The molecule has 1 atom stereocenters. The first-order chi connectivity index (χ1) is 19.7. The monoisotopic (exact) mass is 519 g/mol. The van der Waals surface area contributed by atoms with Gasteiger partial charge in [-0.1, -0.05) is 97.1 Å². The average Bonchev–Trinajstić information content (AvgIpc) is 3.59. The summed E-state index contributed by atoms with van der Waals surface area (Å²) in [5.74, 6) is 0. The molecule has 0 N–H and O–H groups in total. The largest absolute Gasteiger partial charge is 0.270 e. The van der Waals surface area contributed by atoms with Gasteiger partial charge in [-0.3, -0.25) is 15.1 Å². The number of hydrazone groups is 1. The van der Waals surface area contributed by atoms with Gasteiger partial charge in [-0.05, 0) is 68.8 Å². The lowest BCUT2D eigenvalue weighted by Gasteiger charge is -2.24. The molecule has 0 spiro atoms. The van der Waals surface area contributed by atoms with Crippen LogP contribution in [-0.4, -0.2) is 10.6 Å². The Balaban J connectivity index is 1.26. The molecule has 5 nitrogen and oxygen atoms in total. The summed E-state index contributed by atoms with van der Waals surface area (Å²) in [4.78, 5) is 11.2. The summed E-state index contributed by atoms with van der Waals surface area (Å²) in [6.07, 6.45) is 2.95. The maximum atomic E-state index is 11.5. The van der Waals surface area contributed by atoms with Crippen molar-refractivity contribution in [1.82, 2.24) is 0 Å². The minimum absolute atomic E-state index is 0.0980. The van der Waals surface area contributed by atoms with Crippen LogP contribution in [-0.2, 0) is 0 Å². The predicted molar refractivity (Wildman–Crippen MR) is 161 cm³/mol. The van der Waals surface area contributed by atoms with E-state index in [2.05, 4.69) is 83.9 Å². The Hall–Kier alpha value is -5.29. The smallest absolute Gasteiger partial charge is 0.258 e. The number of nitrogens with zero attached hydrogens (tertiary/aromatic N) is 3. The van der Waals surface area contributed by atoms with Crippen LogP contribution in [0, 0.1) is 10.1 Å². The van der Waals surface area contributed by atoms with Crippen molar-refractivity contribution in [1.29, 1.82) is 0 Å². The van der Waals surface area contributed by atoms with Crippen LogP contribution in [0.3, 0.4) is 0 Å². The second kappa shape index (κ2) is 9.79. The van der Waals surface area contributed by atoms with Gasteiger partial charge in [-0.2, -0.15) is 5.10 Å². The molecule has 0 fully saturated rings. The highest BCUT2D eigenvalue weighted by atomic mass is 16.6. The third-order valence-corrected chi connectivity index (χ3v) is 7.68. The Labute approximate surface area is 232 Å². The Kier molecular flexibility index (Phi) is 5.82. The van der Waals surface area contributed by atoms with Crippen molar-refractivity contribution in [3.8, 4) is 11.1 Å². The zero-order valence-electron chi connectivity index (χ0n) is 21.6. The van der Waals surface area contributed by atoms with Gasteiger partial charge in [0.15, 0.2) is 0 Å². The van der Waals surface area contributed by atoms with Gasteiger partial charge >= 0.3 is 0 Å². The van der Waals surface area contributed by atoms with E-state index in [-0.39, 0.29) is 16.7 Å². The first kappa shape index (κ1) is 23.8. The van der Waals surface area contributed by atoms with Crippen molar-refractivity contribution in [3.05, 3.63) is 165 Å². The molecule has 0 radical (unpaired) electrons. The fraction of sp³-hybridized carbons (Fsp3) is 0.0571. The molecule has 40 heavy (non-hydrogen) atoms. The lowest BCUT2D eigenvalue weighted by Crippen LogP contribution is -2.18. The zero-order chi connectivity index (χ0) is 27.1. The molecule has 0 amide bonds. The van der Waals surface area contributed by atoms with Gasteiger partial charge in [-0.15, -0.1) is 0 Å². The van der Waals surface area contributed by atoms with Crippen LogP contribution >= 0.6 is 0 Å². The van der Waals surface area contributed by atoms with E-state index in [1.807, 2.05) is 42.5 Å². The SMILES string of the molecule is O=[N+]([O-])c1ccc2c(c1)/C(=C\c1ccc(N3N=C(c4ccccc4)C[C@H]3c3ccccc3)cc1)c1ccccc1-2. The minimum atomic E-state index is -0.334. The summed E-state index contributed by atoms with van der Waals surface area (Å²) in [5, 5.41) is 18.7. The number of fused-ring (bicyclic) bond motifs is 3. The molecule has 0 saturated heterocycles. The summed E-state index contributed by atoms with van der Waals surface area (Å²) >= 11 is 0. The fourth-order valence-electron chi connectivity index (χ4n) is 5.74. The first-order valence-corrected chi connectivity index (χ1v) is 13.3. The lowest BCUT2D eigenvalue weighted by molar-refractivity contribution is -0.384. The van der Waals surface area contributed by atoms with Crippen LogP contribution in [0.15, 0.2) is 132 Å². The minimum Gasteiger partial charge on any atom is -0.258 e. The number of anilines is 1. The molecular formula is C35H25N3O2. The quantitative estimate of drug-likeness (QED) is 0.169. The van der Waals surface area contributed by atoms with Crippen LogP contribution in [0.2, 0.25) is 0 Å². The van der Waals surface area contributed by atoms with Crippen molar-refractivity contribution in [3.63, 3.8) is 0 Å². The molecule has 1 aliphatic heterocycles. The summed E-state index contributed by atoms with van der Waals surface area (Å²) in [7, 11) is 0. The summed E-state index contributed by atoms with van der Waals surface area (Å²) in [6.45, 7) is 0. The van der Waals surface area contributed by atoms with E-state index in [0.29, 0.717) is 0 Å². The van der Waals surface area contributed by atoms with Gasteiger partial charge in [0.05, 0.1) is 22.4 Å². The molecule has 5 aromatic carbocycles. The third-order valence-electron chi connectivity index (χ3n) is 7.68. The highest BCUT2D eigenvalue weighted by Gasteiger charge is 2.30. The average molecular weight is 520 g/mol. The molecule has 192 valence electrons. The molecule has 0 unspecified atom stereocenters. The molecule has 7 rings (SSSR count). The number of nitro benzene ring substituents is 1. The normalized spacial score (nSPS) is 16.5. The van der Waals surface area contributed by atoms with Crippen molar-refractivity contribution in [2.75, 3.05) is 5.01 Å². The second-order valence-corrected chi connectivity index (χ2v) is 10.1. The molecular weight excluding hydrogens is 494 g/mol. The molecule has 5 heteroatoms. The molecule has 1 aliphatic carbocycles. The van der Waals surface area contributed by atoms with Gasteiger partial charge < -0.3 is 0 Å². The van der Waals surface area contributed by atoms with E-state index in [1.165, 1.54) is 5.56 Å². The number of benzene rings is 5. The van der Waals surface area contributed by atoms with Gasteiger partial charge in [-0.25, -0.2) is 0 Å². The van der Waals surface area contributed by atoms with E-state index in [0.717, 1.165) is 56.8 Å². The molecule has 0 saturated carbocycles. The maximum Gasteiger partial charge on any atom is 0.270 e. The molecule has 0 aromatic heterocycles. The first-order valence-electron chi connectivity index (χ1n) is 13.3. The van der Waals surface area contributed by atoms with Crippen molar-refractivity contribution in [2.45, 2.75) is 12.5 Å². The predicted octanol–water partition coefficient (Wildman–Crippen LogP) is 8.52. The van der Waals surface area contributed by atoms with Crippen molar-refractivity contribution >= 4 is 28.7 Å². The molecule has 2 aliphatic rings. The molecule has 1 heterocycles.